The Morgan fingerprint density at radius 3 is 2.81 bits per heavy atom. The molecule has 4 rings (SSSR count). The highest BCUT2D eigenvalue weighted by Crippen LogP contribution is 2.31. The number of aromatic nitrogens is 2. The first-order valence-electron chi connectivity index (χ1n) is 10.3. The van der Waals surface area contributed by atoms with Crippen LogP contribution in [0.1, 0.15) is 55.7 Å². The van der Waals surface area contributed by atoms with E-state index < -0.39 is 0 Å². The van der Waals surface area contributed by atoms with Crippen molar-refractivity contribution in [2.75, 3.05) is 32.8 Å². The molecule has 5 nitrogen and oxygen atoms in total. The van der Waals surface area contributed by atoms with Gasteiger partial charge in [-0.3, -0.25) is 10.00 Å². The number of rotatable bonds is 8. The molecule has 0 radical (unpaired) electrons. The lowest BCUT2D eigenvalue weighted by atomic mass is 10.0. The van der Waals surface area contributed by atoms with Gasteiger partial charge in [-0.25, -0.2) is 0 Å². The quantitative estimate of drug-likeness (QED) is 0.766. The van der Waals surface area contributed by atoms with Crippen molar-refractivity contribution in [2.24, 2.45) is 5.92 Å². The summed E-state index contributed by atoms with van der Waals surface area (Å²) in [7, 11) is 0. The Kier molecular flexibility index (Phi) is 5.79. The smallest absolute Gasteiger partial charge is 0.119 e. The highest BCUT2D eigenvalue weighted by atomic mass is 16.5. The number of nitrogens with one attached hydrogen (secondary N) is 1. The van der Waals surface area contributed by atoms with Gasteiger partial charge in [0.1, 0.15) is 11.9 Å². The van der Waals surface area contributed by atoms with E-state index in [2.05, 4.69) is 59.3 Å². The minimum absolute atomic E-state index is 0.0898. The second-order valence-corrected chi connectivity index (χ2v) is 8.20. The third-order valence-electron chi connectivity index (χ3n) is 5.53. The Bertz CT molecular complexity index is 721. The van der Waals surface area contributed by atoms with Crippen molar-refractivity contribution in [2.45, 2.75) is 45.1 Å². The van der Waals surface area contributed by atoms with Gasteiger partial charge in [0.05, 0.1) is 18.9 Å². The molecule has 0 bridgehead atoms. The molecule has 1 saturated heterocycles. The summed E-state index contributed by atoms with van der Waals surface area (Å²) in [4.78, 5) is 2.53. The summed E-state index contributed by atoms with van der Waals surface area (Å²) in [6, 6.07) is 10.5. The Morgan fingerprint density at radius 2 is 2.07 bits per heavy atom. The van der Waals surface area contributed by atoms with Crippen LogP contribution in [0.15, 0.2) is 30.3 Å². The molecule has 0 amide bonds. The minimum atomic E-state index is 0.0898. The van der Waals surface area contributed by atoms with E-state index in [0.717, 1.165) is 49.2 Å². The zero-order chi connectivity index (χ0) is 18.6. The van der Waals surface area contributed by atoms with Crippen LogP contribution in [0, 0.1) is 5.92 Å². The number of benzene rings is 1. The molecule has 1 N–H and O–H groups in total. The van der Waals surface area contributed by atoms with E-state index in [4.69, 9.17) is 9.47 Å². The summed E-state index contributed by atoms with van der Waals surface area (Å²) in [6.45, 7) is 9.07. The van der Waals surface area contributed by atoms with Crippen LogP contribution >= 0.6 is 0 Å². The maximum absolute atomic E-state index is 5.96. The highest BCUT2D eigenvalue weighted by Gasteiger charge is 2.29. The molecular weight excluding hydrogens is 338 g/mol. The van der Waals surface area contributed by atoms with Crippen molar-refractivity contribution < 1.29 is 9.47 Å². The normalized spacial score (nSPS) is 20.9. The SMILES string of the molecule is CC(C)c1ccc(OCCc2cc([C@H]3CN(CC4CC4)CCO3)n[nH]2)cc1. The fourth-order valence-corrected chi connectivity index (χ4v) is 3.61. The van der Waals surface area contributed by atoms with Gasteiger partial charge in [-0.2, -0.15) is 5.10 Å². The van der Waals surface area contributed by atoms with Gasteiger partial charge in [0.2, 0.25) is 0 Å². The summed E-state index contributed by atoms with van der Waals surface area (Å²) in [6.07, 6.45) is 3.70. The largest absolute Gasteiger partial charge is 0.493 e. The molecule has 27 heavy (non-hydrogen) atoms. The predicted molar refractivity (Wildman–Crippen MR) is 106 cm³/mol. The molecule has 1 atom stereocenters. The Morgan fingerprint density at radius 1 is 1.26 bits per heavy atom. The monoisotopic (exact) mass is 369 g/mol. The van der Waals surface area contributed by atoms with Crippen LogP contribution in [-0.2, 0) is 11.2 Å². The van der Waals surface area contributed by atoms with Crippen LogP contribution in [0.25, 0.3) is 0 Å². The van der Waals surface area contributed by atoms with Crippen LogP contribution in [0.2, 0.25) is 0 Å². The van der Waals surface area contributed by atoms with E-state index in [9.17, 15) is 0 Å². The first-order chi connectivity index (χ1) is 13.2. The minimum Gasteiger partial charge on any atom is -0.493 e. The van der Waals surface area contributed by atoms with Crippen molar-refractivity contribution in [3.8, 4) is 5.75 Å². The van der Waals surface area contributed by atoms with Gasteiger partial charge in [0, 0.05) is 31.7 Å². The van der Waals surface area contributed by atoms with Gasteiger partial charge in [0.25, 0.3) is 0 Å². The van der Waals surface area contributed by atoms with E-state index in [1.54, 1.807) is 0 Å². The maximum Gasteiger partial charge on any atom is 0.119 e. The molecule has 1 aromatic heterocycles. The van der Waals surface area contributed by atoms with Gasteiger partial charge in [-0.05, 0) is 48.4 Å². The standard InChI is InChI=1S/C22H31N3O2/c1-16(2)18-5-7-20(8-6-18)26-11-9-19-13-21(24-23-19)22-15-25(10-12-27-22)14-17-3-4-17/h5-8,13,16-17,22H,3-4,9-12,14-15H2,1-2H3,(H,23,24)/t22-/m1/s1. The number of H-pyrrole nitrogens is 1. The van der Waals surface area contributed by atoms with E-state index >= 15 is 0 Å². The first-order valence-corrected chi connectivity index (χ1v) is 10.3. The molecule has 0 unspecified atom stereocenters. The van der Waals surface area contributed by atoms with E-state index in [1.165, 1.54) is 24.9 Å². The fraction of sp³-hybridized carbons (Fsp3) is 0.591. The fourth-order valence-electron chi connectivity index (χ4n) is 3.61. The third kappa shape index (κ3) is 5.11. The van der Waals surface area contributed by atoms with Crippen molar-refractivity contribution in [3.05, 3.63) is 47.3 Å². The summed E-state index contributed by atoms with van der Waals surface area (Å²) >= 11 is 0. The van der Waals surface area contributed by atoms with Crippen LogP contribution in [-0.4, -0.2) is 47.9 Å². The summed E-state index contributed by atoms with van der Waals surface area (Å²) in [5.41, 5.74) is 3.46. The van der Waals surface area contributed by atoms with Crippen LogP contribution in [0.4, 0.5) is 0 Å². The summed E-state index contributed by atoms with van der Waals surface area (Å²) < 4.78 is 11.8. The molecular formula is C22H31N3O2. The van der Waals surface area contributed by atoms with Crippen molar-refractivity contribution in [1.82, 2.24) is 15.1 Å². The van der Waals surface area contributed by atoms with Gasteiger partial charge < -0.3 is 9.47 Å². The average Bonchev–Trinajstić information content (AvgIpc) is 3.36. The Hall–Kier alpha value is -1.85. The molecule has 1 aliphatic heterocycles. The van der Waals surface area contributed by atoms with Crippen LogP contribution < -0.4 is 4.74 Å². The molecule has 0 spiro atoms. The lowest BCUT2D eigenvalue weighted by molar-refractivity contribution is -0.0334. The zero-order valence-corrected chi connectivity index (χ0v) is 16.5. The van der Waals surface area contributed by atoms with Gasteiger partial charge >= 0.3 is 0 Å². The van der Waals surface area contributed by atoms with Crippen molar-refractivity contribution >= 4 is 0 Å². The molecule has 1 saturated carbocycles. The maximum atomic E-state index is 5.96. The van der Waals surface area contributed by atoms with Crippen LogP contribution in [0.5, 0.6) is 5.75 Å². The molecule has 2 aliphatic rings. The molecule has 2 aromatic rings. The topological polar surface area (TPSA) is 50.4 Å². The number of nitrogens with zero attached hydrogens (tertiary/aromatic N) is 2. The number of hydrogen-bond donors (Lipinski definition) is 1. The van der Waals surface area contributed by atoms with Crippen molar-refractivity contribution in [3.63, 3.8) is 0 Å². The van der Waals surface area contributed by atoms with E-state index in [0.29, 0.717) is 12.5 Å². The predicted octanol–water partition coefficient (Wildman–Crippen LogP) is 3.94. The molecule has 1 aromatic carbocycles. The van der Waals surface area contributed by atoms with Gasteiger partial charge in [0.15, 0.2) is 0 Å². The molecule has 146 valence electrons. The zero-order valence-electron chi connectivity index (χ0n) is 16.5. The van der Waals surface area contributed by atoms with Crippen molar-refractivity contribution in [1.29, 1.82) is 0 Å². The van der Waals surface area contributed by atoms with E-state index in [-0.39, 0.29) is 6.10 Å². The summed E-state index contributed by atoms with van der Waals surface area (Å²) in [5, 5.41) is 7.65. The lowest BCUT2D eigenvalue weighted by Crippen LogP contribution is -2.39. The molecule has 1 aliphatic carbocycles. The Balaban J connectivity index is 1.25. The van der Waals surface area contributed by atoms with E-state index in [1.807, 2.05) is 0 Å². The lowest BCUT2D eigenvalue weighted by Gasteiger charge is -2.32. The third-order valence-corrected chi connectivity index (χ3v) is 5.53. The molecule has 2 heterocycles. The molecule has 2 fully saturated rings. The first kappa shape index (κ1) is 18.5. The van der Waals surface area contributed by atoms with Crippen LogP contribution in [0.3, 0.4) is 0 Å². The second kappa shape index (κ2) is 8.44. The Labute approximate surface area is 162 Å². The summed E-state index contributed by atoms with van der Waals surface area (Å²) in [5.74, 6) is 2.39. The van der Waals surface area contributed by atoms with Gasteiger partial charge in [-0.1, -0.05) is 26.0 Å². The molecule has 5 heteroatoms. The van der Waals surface area contributed by atoms with Gasteiger partial charge in [-0.15, -0.1) is 0 Å². The number of ether oxygens (including phenoxy) is 2. The second-order valence-electron chi connectivity index (χ2n) is 8.20. The number of morpholine rings is 1. The average molecular weight is 370 g/mol. The number of aromatic amines is 1. The highest BCUT2D eigenvalue weighted by molar-refractivity contribution is 5.29. The number of hydrogen-bond acceptors (Lipinski definition) is 4.